The maximum Gasteiger partial charge on any atom is 0.389 e. The largest absolute Gasteiger partial charge is 0.389 e. The summed E-state index contributed by atoms with van der Waals surface area (Å²) in [4.78, 5) is 43.8. The number of amides is 3. The Morgan fingerprint density at radius 3 is 2.36 bits per heavy atom. The molecule has 2 aromatic carbocycles. The molecule has 3 atom stereocenters. The van der Waals surface area contributed by atoms with Gasteiger partial charge in [0.15, 0.2) is 0 Å². The van der Waals surface area contributed by atoms with E-state index >= 15 is 0 Å². The molecule has 2 fully saturated rings. The minimum absolute atomic E-state index is 0.155. The van der Waals surface area contributed by atoms with E-state index < -0.39 is 54.7 Å². The van der Waals surface area contributed by atoms with Crippen molar-refractivity contribution in [2.75, 3.05) is 5.32 Å². The highest BCUT2D eigenvalue weighted by molar-refractivity contribution is 6.20. The molecule has 5 rings (SSSR count). The molecular weight excluding hydrogens is 509 g/mol. The van der Waals surface area contributed by atoms with Crippen molar-refractivity contribution >= 4 is 29.1 Å². The maximum absolute atomic E-state index is 13.5. The number of primary amides is 1. The van der Waals surface area contributed by atoms with Crippen LogP contribution in [0.1, 0.15) is 67.6 Å². The number of nitrogens with zero attached hydrogens (tertiary/aromatic N) is 1. The smallest absolute Gasteiger partial charge is 0.369 e. The molecule has 2 saturated carbocycles. The van der Waals surface area contributed by atoms with Gasteiger partial charge in [-0.3, -0.25) is 14.4 Å². The van der Waals surface area contributed by atoms with Crippen LogP contribution in [0.5, 0.6) is 0 Å². The van der Waals surface area contributed by atoms with Crippen molar-refractivity contribution in [2.24, 2.45) is 28.5 Å². The zero-order valence-electron chi connectivity index (χ0n) is 21.3. The van der Waals surface area contributed by atoms with Crippen molar-refractivity contribution in [3.05, 3.63) is 65.2 Å². The monoisotopic (exact) mass is 540 g/mol. The van der Waals surface area contributed by atoms with Crippen LogP contribution in [-0.4, -0.2) is 35.8 Å². The molecule has 0 saturated heterocycles. The second-order valence-electron chi connectivity index (χ2n) is 10.7. The summed E-state index contributed by atoms with van der Waals surface area (Å²) < 4.78 is 39.5. The zero-order chi connectivity index (χ0) is 27.7. The number of carbonyl (C=O) groups excluding carboxylic acids is 3. The van der Waals surface area contributed by atoms with Crippen molar-refractivity contribution in [2.45, 2.75) is 63.2 Å². The zero-order valence-corrected chi connectivity index (χ0v) is 21.3. The van der Waals surface area contributed by atoms with Crippen LogP contribution < -0.4 is 16.4 Å². The fourth-order valence-electron chi connectivity index (χ4n) is 5.28. The standard InChI is InChI=1S/C29H31F3N4O3/c30-29(31,32)14-13-20(22(25(33)37)15-16-9-10-16)27(38)36-26-28(39)35-24-19(17-11-12-17)7-4-8-21(24)23(34-26)18-5-2-1-3-6-18/h1-8,16-17,20,22,26H,9-15H2,(H2,33,37)(H,35,39)(H,36,38)/t20-,22+,26-/m1/s1. The maximum atomic E-state index is 13.5. The first-order valence-electron chi connectivity index (χ1n) is 13.3. The number of hydrogen-bond donors (Lipinski definition) is 3. The van der Waals surface area contributed by atoms with Crippen molar-refractivity contribution in [3.63, 3.8) is 0 Å². The molecule has 4 N–H and O–H groups in total. The number of halogens is 3. The number of benzodiazepines with no additional fused rings is 1. The Hall–Kier alpha value is -3.69. The lowest BCUT2D eigenvalue weighted by Crippen LogP contribution is -2.48. The molecule has 3 aliphatic rings. The number of rotatable bonds is 10. The van der Waals surface area contributed by atoms with Crippen LogP contribution in [0.4, 0.5) is 18.9 Å². The molecule has 1 heterocycles. The number of alkyl halides is 3. The summed E-state index contributed by atoms with van der Waals surface area (Å²) in [6, 6.07) is 14.9. The molecule has 3 amide bonds. The molecule has 39 heavy (non-hydrogen) atoms. The Labute approximate surface area is 224 Å². The lowest BCUT2D eigenvalue weighted by atomic mass is 9.83. The molecule has 0 aromatic heterocycles. The Balaban J connectivity index is 1.48. The summed E-state index contributed by atoms with van der Waals surface area (Å²) in [5, 5.41) is 5.48. The van der Waals surface area contributed by atoms with E-state index in [-0.39, 0.29) is 12.3 Å². The molecule has 2 aliphatic carbocycles. The summed E-state index contributed by atoms with van der Waals surface area (Å²) >= 11 is 0. The summed E-state index contributed by atoms with van der Waals surface area (Å²) in [6.07, 6.45) is -3.84. The molecule has 206 valence electrons. The minimum Gasteiger partial charge on any atom is -0.369 e. The summed E-state index contributed by atoms with van der Waals surface area (Å²) in [6.45, 7) is 0. The first kappa shape index (κ1) is 26.9. The van der Waals surface area contributed by atoms with E-state index in [4.69, 9.17) is 5.73 Å². The van der Waals surface area contributed by atoms with Gasteiger partial charge in [-0.05, 0) is 43.1 Å². The number of nitrogens with one attached hydrogen (secondary N) is 2. The molecular formula is C29H31F3N4O3. The SMILES string of the molecule is NC(=O)[C@@H](CC1CC1)[C@@H](CCC(F)(F)F)C(=O)N[C@H]1N=C(c2ccccc2)c2cccc(C3CC3)c2NC1=O. The van der Waals surface area contributed by atoms with Gasteiger partial charge in [-0.25, -0.2) is 4.99 Å². The van der Waals surface area contributed by atoms with E-state index in [1.165, 1.54) is 0 Å². The average Bonchev–Trinajstić information content (AvgIpc) is 3.80. The predicted molar refractivity (Wildman–Crippen MR) is 140 cm³/mol. The van der Waals surface area contributed by atoms with Crippen LogP contribution in [0.15, 0.2) is 53.5 Å². The van der Waals surface area contributed by atoms with Gasteiger partial charge in [0.25, 0.3) is 5.91 Å². The molecule has 0 bridgehead atoms. The number of anilines is 1. The number of carbonyl (C=O) groups is 3. The van der Waals surface area contributed by atoms with Crippen molar-refractivity contribution in [1.82, 2.24) is 5.32 Å². The second-order valence-corrected chi connectivity index (χ2v) is 10.7. The predicted octanol–water partition coefficient (Wildman–Crippen LogP) is 4.66. The Bertz CT molecular complexity index is 1290. The van der Waals surface area contributed by atoms with Crippen LogP contribution in [0.3, 0.4) is 0 Å². The highest BCUT2D eigenvalue weighted by Gasteiger charge is 2.41. The Morgan fingerprint density at radius 1 is 1.03 bits per heavy atom. The molecule has 2 aromatic rings. The van der Waals surface area contributed by atoms with Gasteiger partial charge < -0.3 is 16.4 Å². The van der Waals surface area contributed by atoms with Gasteiger partial charge in [-0.1, -0.05) is 61.4 Å². The van der Waals surface area contributed by atoms with Crippen LogP contribution in [0, 0.1) is 17.8 Å². The molecule has 1 aliphatic heterocycles. The first-order chi connectivity index (χ1) is 18.6. The van der Waals surface area contributed by atoms with E-state index in [1.54, 1.807) is 0 Å². The molecule has 0 unspecified atom stereocenters. The topological polar surface area (TPSA) is 114 Å². The fourth-order valence-corrected chi connectivity index (χ4v) is 5.28. The normalized spacial score (nSPS) is 20.6. The summed E-state index contributed by atoms with van der Waals surface area (Å²) in [5.74, 6) is -4.18. The van der Waals surface area contributed by atoms with E-state index in [9.17, 15) is 27.6 Å². The lowest BCUT2D eigenvalue weighted by Gasteiger charge is -2.26. The van der Waals surface area contributed by atoms with Crippen LogP contribution >= 0.6 is 0 Å². The molecule has 7 nitrogen and oxygen atoms in total. The average molecular weight is 541 g/mol. The number of hydrogen-bond acceptors (Lipinski definition) is 4. The highest BCUT2D eigenvalue weighted by Crippen LogP contribution is 2.45. The number of nitrogens with two attached hydrogens (primary N) is 1. The van der Waals surface area contributed by atoms with Crippen molar-refractivity contribution in [1.29, 1.82) is 0 Å². The van der Waals surface area contributed by atoms with Gasteiger partial charge in [0.1, 0.15) is 0 Å². The number of aliphatic imine (C=N–C) groups is 1. The molecule has 10 heteroatoms. The minimum atomic E-state index is -4.51. The number of para-hydroxylation sites is 1. The molecule has 0 spiro atoms. The first-order valence-corrected chi connectivity index (χ1v) is 13.3. The third-order valence-corrected chi connectivity index (χ3v) is 7.66. The van der Waals surface area contributed by atoms with Crippen molar-refractivity contribution in [3.8, 4) is 0 Å². The van der Waals surface area contributed by atoms with Crippen LogP contribution in [-0.2, 0) is 14.4 Å². The fraction of sp³-hybridized carbons (Fsp3) is 0.448. The van der Waals surface area contributed by atoms with Gasteiger partial charge in [-0.15, -0.1) is 0 Å². The third-order valence-electron chi connectivity index (χ3n) is 7.66. The number of benzene rings is 2. The van der Waals surface area contributed by atoms with Crippen LogP contribution in [0.25, 0.3) is 0 Å². The summed E-state index contributed by atoms with van der Waals surface area (Å²) in [5.41, 5.74) is 9.09. The second kappa shape index (κ2) is 10.8. The van der Waals surface area contributed by atoms with Gasteiger partial charge in [0.2, 0.25) is 18.0 Å². The van der Waals surface area contributed by atoms with Gasteiger partial charge in [0.05, 0.1) is 11.4 Å². The van der Waals surface area contributed by atoms with Crippen molar-refractivity contribution < 1.29 is 27.6 Å². The van der Waals surface area contributed by atoms with E-state index in [0.29, 0.717) is 22.9 Å². The highest BCUT2D eigenvalue weighted by atomic mass is 19.4. The Morgan fingerprint density at radius 2 is 1.74 bits per heavy atom. The quantitative estimate of drug-likeness (QED) is 0.407. The lowest BCUT2D eigenvalue weighted by molar-refractivity contribution is -0.146. The Kier molecular flexibility index (Phi) is 7.46. The number of fused-ring (bicyclic) bond motifs is 1. The van der Waals surface area contributed by atoms with Gasteiger partial charge >= 0.3 is 6.18 Å². The van der Waals surface area contributed by atoms with Crippen LogP contribution in [0.2, 0.25) is 0 Å². The van der Waals surface area contributed by atoms with E-state index in [2.05, 4.69) is 15.6 Å². The van der Waals surface area contributed by atoms with E-state index in [1.807, 2.05) is 48.5 Å². The third kappa shape index (κ3) is 6.49. The summed E-state index contributed by atoms with van der Waals surface area (Å²) in [7, 11) is 0. The van der Waals surface area contributed by atoms with Gasteiger partial charge in [0, 0.05) is 29.4 Å². The van der Waals surface area contributed by atoms with E-state index in [0.717, 1.165) is 36.8 Å². The molecule has 0 radical (unpaired) electrons. The van der Waals surface area contributed by atoms with Gasteiger partial charge in [-0.2, -0.15) is 13.2 Å².